The number of aryl methyl sites for hydroxylation is 2. The van der Waals surface area contributed by atoms with E-state index in [2.05, 4.69) is 10.3 Å². The molecule has 0 radical (unpaired) electrons. The molecule has 0 aliphatic rings. The van der Waals surface area contributed by atoms with Crippen molar-refractivity contribution in [1.82, 2.24) is 14.9 Å². The number of aromatic nitrogens is 2. The number of carbonyl (C=O) groups is 1. The number of methoxy groups -OCH3 is 1. The van der Waals surface area contributed by atoms with Crippen LogP contribution in [0.5, 0.6) is 5.75 Å². The van der Waals surface area contributed by atoms with Gasteiger partial charge in [0.15, 0.2) is 0 Å². The summed E-state index contributed by atoms with van der Waals surface area (Å²) >= 11 is 1.29. The molecule has 4 rings (SSSR count). The Hall–Kier alpha value is -3.19. The van der Waals surface area contributed by atoms with E-state index in [-0.39, 0.29) is 11.7 Å². The molecule has 2 aromatic heterocycles. The summed E-state index contributed by atoms with van der Waals surface area (Å²) in [5.74, 6) is 0.862. The zero-order valence-corrected chi connectivity index (χ0v) is 17.1. The van der Waals surface area contributed by atoms with E-state index in [0.29, 0.717) is 21.7 Å². The maximum absolute atomic E-state index is 14.2. The molecule has 1 unspecified atom stereocenters. The van der Waals surface area contributed by atoms with E-state index in [4.69, 9.17) is 4.74 Å². The lowest BCUT2D eigenvalue weighted by Crippen LogP contribution is -2.31. The van der Waals surface area contributed by atoms with Gasteiger partial charge in [0, 0.05) is 29.5 Å². The highest BCUT2D eigenvalue weighted by atomic mass is 32.1. The number of amides is 1. The van der Waals surface area contributed by atoms with Crippen molar-refractivity contribution in [2.24, 2.45) is 7.05 Å². The Balaban J connectivity index is 1.73. The van der Waals surface area contributed by atoms with Crippen LogP contribution in [0.4, 0.5) is 4.39 Å². The van der Waals surface area contributed by atoms with Crippen LogP contribution >= 0.6 is 11.3 Å². The Bertz CT molecular complexity index is 1180. The molecule has 0 saturated carbocycles. The number of benzene rings is 2. The highest BCUT2D eigenvalue weighted by molar-refractivity contribution is 7.21. The second-order valence-corrected chi connectivity index (χ2v) is 7.80. The van der Waals surface area contributed by atoms with Crippen molar-refractivity contribution in [2.45, 2.75) is 13.0 Å². The van der Waals surface area contributed by atoms with Crippen LogP contribution in [0.2, 0.25) is 0 Å². The molecule has 1 N–H and O–H groups in total. The number of thiophene rings is 1. The molecular formula is C22H20FN3O2S. The lowest BCUT2D eigenvalue weighted by molar-refractivity contribution is 0.0945. The van der Waals surface area contributed by atoms with Gasteiger partial charge in [-0.05, 0) is 42.3 Å². The van der Waals surface area contributed by atoms with Gasteiger partial charge in [-0.2, -0.15) is 0 Å². The van der Waals surface area contributed by atoms with Crippen LogP contribution < -0.4 is 10.1 Å². The minimum atomic E-state index is -0.456. The van der Waals surface area contributed by atoms with Crippen LogP contribution in [-0.2, 0) is 7.05 Å². The first-order chi connectivity index (χ1) is 14.0. The summed E-state index contributed by atoms with van der Waals surface area (Å²) in [4.78, 5) is 18.1. The second kappa shape index (κ2) is 7.67. The smallest absolute Gasteiger partial charge is 0.262 e. The summed E-state index contributed by atoms with van der Waals surface area (Å²) in [6.45, 7) is 1.78. The predicted octanol–water partition coefficient (Wildman–Crippen LogP) is 4.61. The summed E-state index contributed by atoms with van der Waals surface area (Å²) in [7, 11) is 3.49. The zero-order chi connectivity index (χ0) is 20.5. The third-order valence-corrected chi connectivity index (χ3v) is 6.21. The molecule has 2 aromatic carbocycles. The lowest BCUT2D eigenvalue weighted by Gasteiger charge is -2.19. The SMILES string of the molecule is COc1ccc(C(NC(=O)c2sc3cccc(F)c3c2C)c2nccn2C)cc1. The van der Waals surface area contributed by atoms with Crippen molar-refractivity contribution in [3.8, 4) is 5.75 Å². The van der Waals surface area contributed by atoms with Crippen molar-refractivity contribution in [3.63, 3.8) is 0 Å². The maximum Gasteiger partial charge on any atom is 0.262 e. The van der Waals surface area contributed by atoms with Gasteiger partial charge in [0.1, 0.15) is 23.4 Å². The van der Waals surface area contributed by atoms with E-state index in [9.17, 15) is 9.18 Å². The van der Waals surface area contributed by atoms with Gasteiger partial charge in [-0.3, -0.25) is 4.79 Å². The number of nitrogens with one attached hydrogen (secondary N) is 1. The first-order valence-electron chi connectivity index (χ1n) is 9.09. The van der Waals surface area contributed by atoms with Gasteiger partial charge in [0.2, 0.25) is 0 Å². The number of nitrogens with zero attached hydrogens (tertiary/aromatic N) is 2. The number of carbonyl (C=O) groups excluding carboxylic acids is 1. The monoisotopic (exact) mass is 409 g/mol. The number of ether oxygens (including phenoxy) is 1. The molecule has 1 atom stereocenters. The quantitative estimate of drug-likeness (QED) is 0.524. The fourth-order valence-corrected chi connectivity index (χ4v) is 4.54. The Labute approximate surface area is 171 Å². The predicted molar refractivity (Wildman–Crippen MR) is 112 cm³/mol. The molecule has 148 valence electrons. The van der Waals surface area contributed by atoms with Crippen LogP contribution in [0.15, 0.2) is 54.9 Å². The molecular weight excluding hydrogens is 389 g/mol. The van der Waals surface area contributed by atoms with Crippen molar-refractivity contribution >= 4 is 27.3 Å². The highest BCUT2D eigenvalue weighted by Crippen LogP contribution is 2.33. The van der Waals surface area contributed by atoms with Gasteiger partial charge in [0.25, 0.3) is 5.91 Å². The van der Waals surface area contributed by atoms with E-state index in [1.807, 2.05) is 48.1 Å². The van der Waals surface area contributed by atoms with Gasteiger partial charge in [-0.25, -0.2) is 9.37 Å². The molecule has 2 heterocycles. The van der Waals surface area contributed by atoms with Gasteiger partial charge in [-0.1, -0.05) is 18.2 Å². The number of fused-ring (bicyclic) bond motifs is 1. The van der Waals surface area contributed by atoms with Crippen molar-refractivity contribution in [2.75, 3.05) is 7.11 Å². The number of imidazole rings is 1. The van der Waals surface area contributed by atoms with E-state index < -0.39 is 6.04 Å². The van der Waals surface area contributed by atoms with E-state index in [0.717, 1.165) is 16.0 Å². The fraction of sp³-hybridized carbons (Fsp3) is 0.182. The van der Waals surface area contributed by atoms with Gasteiger partial charge in [-0.15, -0.1) is 11.3 Å². The van der Waals surface area contributed by atoms with Gasteiger partial charge >= 0.3 is 0 Å². The summed E-state index contributed by atoms with van der Waals surface area (Å²) in [6.07, 6.45) is 3.52. The average Bonchev–Trinajstić information content (AvgIpc) is 3.30. The van der Waals surface area contributed by atoms with Crippen molar-refractivity contribution in [1.29, 1.82) is 0 Å². The minimum absolute atomic E-state index is 0.257. The van der Waals surface area contributed by atoms with Gasteiger partial charge in [0.05, 0.1) is 12.0 Å². The molecule has 0 fully saturated rings. The number of halogens is 1. The number of hydrogen-bond donors (Lipinski definition) is 1. The summed E-state index contributed by atoms with van der Waals surface area (Å²) in [5.41, 5.74) is 1.52. The molecule has 0 bridgehead atoms. The second-order valence-electron chi connectivity index (χ2n) is 6.75. The Morgan fingerprint density at radius 1 is 1.24 bits per heavy atom. The lowest BCUT2D eigenvalue weighted by atomic mass is 10.1. The topological polar surface area (TPSA) is 56.1 Å². The molecule has 0 aliphatic heterocycles. The van der Waals surface area contributed by atoms with Crippen LogP contribution in [0.3, 0.4) is 0 Å². The van der Waals surface area contributed by atoms with Crippen molar-refractivity contribution in [3.05, 3.63) is 82.5 Å². The first-order valence-corrected chi connectivity index (χ1v) is 9.91. The molecule has 7 heteroatoms. The molecule has 0 saturated heterocycles. The molecule has 4 aromatic rings. The van der Waals surface area contributed by atoms with E-state index in [1.54, 1.807) is 26.3 Å². The van der Waals surface area contributed by atoms with Gasteiger partial charge < -0.3 is 14.6 Å². The van der Waals surface area contributed by atoms with E-state index in [1.165, 1.54) is 17.4 Å². The summed E-state index contributed by atoms with van der Waals surface area (Å²) in [6, 6.07) is 11.9. The Kier molecular flexibility index (Phi) is 5.07. The molecule has 0 aliphatic carbocycles. The molecule has 29 heavy (non-hydrogen) atoms. The van der Waals surface area contributed by atoms with Crippen LogP contribution in [0.25, 0.3) is 10.1 Å². The molecule has 0 spiro atoms. The maximum atomic E-state index is 14.2. The fourth-order valence-electron chi connectivity index (χ4n) is 3.42. The van der Waals surface area contributed by atoms with Crippen LogP contribution in [-0.4, -0.2) is 22.6 Å². The third kappa shape index (κ3) is 3.49. The molecule has 5 nitrogen and oxygen atoms in total. The highest BCUT2D eigenvalue weighted by Gasteiger charge is 2.24. The Morgan fingerprint density at radius 2 is 2.00 bits per heavy atom. The van der Waals surface area contributed by atoms with Crippen LogP contribution in [0.1, 0.15) is 32.7 Å². The van der Waals surface area contributed by atoms with Crippen LogP contribution in [0, 0.1) is 12.7 Å². The number of hydrogen-bond acceptors (Lipinski definition) is 4. The largest absolute Gasteiger partial charge is 0.497 e. The molecule has 1 amide bonds. The summed E-state index contributed by atoms with van der Waals surface area (Å²) in [5, 5.41) is 3.58. The summed E-state index contributed by atoms with van der Waals surface area (Å²) < 4.78 is 22.1. The van der Waals surface area contributed by atoms with E-state index >= 15 is 0 Å². The zero-order valence-electron chi connectivity index (χ0n) is 16.3. The number of rotatable bonds is 5. The third-order valence-electron chi connectivity index (χ3n) is 4.95. The Morgan fingerprint density at radius 3 is 2.62 bits per heavy atom. The normalized spacial score (nSPS) is 12.1. The van der Waals surface area contributed by atoms with Crippen molar-refractivity contribution < 1.29 is 13.9 Å². The standard InChI is InChI=1S/C22H20FN3O2S/c1-13-18-16(23)5-4-6-17(18)29-20(13)22(27)25-19(21-24-11-12-26(21)2)14-7-9-15(28-3)10-8-14/h4-12,19H,1-3H3,(H,25,27). The average molecular weight is 409 g/mol. The minimum Gasteiger partial charge on any atom is -0.497 e. The first kappa shape index (κ1) is 19.1.